The van der Waals surface area contributed by atoms with Gasteiger partial charge in [-0.1, -0.05) is 93.6 Å². The summed E-state index contributed by atoms with van der Waals surface area (Å²) in [7, 11) is 0. The van der Waals surface area contributed by atoms with Crippen molar-refractivity contribution in [3.63, 3.8) is 0 Å². The van der Waals surface area contributed by atoms with E-state index in [-0.39, 0.29) is 16.2 Å². The van der Waals surface area contributed by atoms with Crippen LogP contribution in [-0.4, -0.2) is 12.7 Å². The molecule has 0 aromatic heterocycles. The van der Waals surface area contributed by atoms with Gasteiger partial charge >= 0.3 is 0 Å². The van der Waals surface area contributed by atoms with Crippen molar-refractivity contribution >= 4 is 5.57 Å². The van der Waals surface area contributed by atoms with Gasteiger partial charge in [0, 0.05) is 28.2 Å². The molecule has 1 aliphatic heterocycles. The van der Waals surface area contributed by atoms with Gasteiger partial charge in [0.2, 0.25) is 0 Å². The first-order chi connectivity index (χ1) is 14.9. The second-order valence-electron chi connectivity index (χ2n) is 10.9. The first kappa shape index (κ1) is 19.5. The highest BCUT2D eigenvalue weighted by Gasteiger charge is 2.61. The minimum absolute atomic E-state index is 0.000638. The van der Waals surface area contributed by atoms with E-state index in [4.69, 9.17) is 0 Å². The molecule has 31 heavy (non-hydrogen) atoms. The second kappa shape index (κ2) is 6.43. The Labute approximate surface area is 186 Å². The molecule has 0 amide bonds. The summed E-state index contributed by atoms with van der Waals surface area (Å²) in [5.74, 6) is 0.848. The van der Waals surface area contributed by atoms with Gasteiger partial charge in [-0.05, 0) is 48.1 Å². The molecule has 2 N–H and O–H groups in total. The van der Waals surface area contributed by atoms with Crippen LogP contribution >= 0.6 is 0 Å². The Morgan fingerprint density at radius 3 is 2.58 bits per heavy atom. The summed E-state index contributed by atoms with van der Waals surface area (Å²) in [6.07, 6.45) is 20.5. The van der Waals surface area contributed by atoms with Crippen LogP contribution in [0.2, 0.25) is 0 Å². The number of hydrogen-bond acceptors (Lipinski definition) is 2. The highest BCUT2D eigenvalue weighted by molar-refractivity contribution is 5.82. The van der Waals surface area contributed by atoms with Gasteiger partial charge in [0.25, 0.3) is 0 Å². The lowest BCUT2D eigenvalue weighted by Gasteiger charge is -2.62. The maximum atomic E-state index is 3.99. The van der Waals surface area contributed by atoms with E-state index >= 15 is 0 Å². The minimum Gasteiger partial charge on any atom is -0.302 e. The first-order valence-corrected chi connectivity index (χ1v) is 12.0. The molecule has 1 saturated heterocycles. The molecular formula is C29H34N2. The summed E-state index contributed by atoms with van der Waals surface area (Å²) in [4.78, 5) is 0. The van der Waals surface area contributed by atoms with E-state index in [0.717, 1.165) is 13.0 Å². The fraction of sp³-hybridized carbons (Fsp3) is 0.448. The molecule has 7 atom stereocenters. The van der Waals surface area contributed by atoms with E-state index in [1.807, 2.05) is 0 Å². The molecule has 1 fully saturated rings. The van der Waals surface area contributed by atoms with E-state index in [2.05, 4.69) is 111 Å². The van der Waals surface area contributed by atoms with Crippen molar-refractivity contribution < 1.29 is 0 Å². The van der Waals surface area contributed by atoms with E-state index in [1.165, 1.54) is 11.1 Å². The zero-order chi connectivity index (χ0) is 21.4. The molecular weight excluding hydrogens is 376 g/mol. The molecule has 1 heterocycles. The summed E-state index contributed by atoms with van der Waals surface area (Å²) in [6.45, 7) is 10.8. The topological polar surface area (TPSA) is 24.1 Å². The fourth-order valence-corrected chi connectivity index (χ4v) is 7.83. The van der Waals surface area contributed by atoms with Crippen molar-refractivity contribution in [3.8, 4) is 0 Å². The number of fused-ring (bicyclic) bond motifs is 10. The molecule has 1 aromatic rings. The van der Waals surface area contributed by atoms with E-state index in [9.17, 15) is 0 Å². The average molecular weight is 411 g/mol. The zero-order valence-corrected chi connectivity index (χ0v) is 19.2. The largest absolute Gasteiger partial charge is 0.302 e. The first-order valence-electron chi connectivity index (χ1n) is 12.0. The predicted octanol–water partition coefficient (Wildman–Crippen LogP) is 5.94. The minimum atomic E-state index is 0.000638. The molecule has 6 unspecified atom stereocenters. The van der Waals surface area contributed by atoms with Gasteiger partial charge in [0.15, 0.2) is 0 Å². The van der Waals surface area contributed by atoms with Gasteiger partial charge in [-0.15, -0.1) is 0 Å². The maximum Gasteiger partial charge on any atom is 0.0547 e. The Bertz CT molecular complexity index is 1090. The molecule has 0 spiro atoms. The van der Waals surface area contributed by atoms with Crippen molar-refractivity contribution in [2.75, 3.05) is 6.54 Å². The standard InChI is InChI=1S/C29H34N2/c1-19-30-18-17-29(4)25-24(20-11-5-6-12-21(20)26(29)31-19)22-13-7-9-15-27(22,2)23-14-8-10-16-28(23,25)3/h5-16,19,22-23,26,30-31H,17-18H2,1-4H3/t19?,22-,23?,26?,27?,28?,29?/m0/s1. The van der Waals surface area contributed by atoms with Gasteiger partial charge in [-0.3, -0.25) is 5.32 Å². The van der Waals surface area contributed by atoms with Gasteiger partial charge < -0.3 is 5.32 Å². The molecule has 160 valence electrons. The van der Waals surface area contributed by atoms with Crippen molar-refractivity contribution in [2.45, 2.75) is 46.3 Å². The van der Waals surface area contributed by atoms with Crippen LogP contribution in [-0.2, 0) is 0 Å². The molecule has 5 aliphatic rings. The van der Waals surface area contributed by atoms with Crippen molar-refractivity contribution in [2.24, 2.45) is 28.1 Å². The highest BCUT2D eigenvalue weighted by Crippen LogP contribution is 2.70. The van der Waals surface area contributed by atoms with Crippen molar-refractivity contribution in [1.82, 2.24) is 10.6 Å². The number of benzene rings is 1. The van der Waals surface area contributed by atoms with E-state index in [0.29, 0.717) is 24.0 Å². The van der Waals surface area contributed by atoms with Gasteiger partial charge in [-0.25, -0.2) is 0 Å². The third-order valence-corrected chi connectivity index (χ3v) is 9.11. The summed E-state index contributed by atoms with van der Waals surface area (Å²) in [6, 6.07) is 9.53. The van der Waals surface area contributed by atoms with E-state index < -0.39 is 0 Å². The third kappa shape index (κ3) is 2.41. The molecule has 0 saturated carbocycles. The Hall–Kier alpha value is -2.16. The third-order valence-electron chi connectivity index (χ3n) is 9.11. The lowest BCUT2D eigenvalue weighted by molar-refractivity contribution is 0.105. The summed E-state index contributed by atoms with van der Waals surface area (Å²) < 4.78 is 0. The Morgan fingerprint density at radius 1 is 0.935 bits per heavy atom. The Morgan fingerprint density at radius 2 is 1.71 bits per heavy atom. The van der Waals surface area contributed by atoms with E-state index in [1.54, 1.807) is 11.1 Å². The van der Waals surface area contributed by atoms with Crippen LogP contribution in [0.1, 0.15) is 51.3 Å². The molecule has 0 bridgehead atoms. The van der Waals surface area contributed by atoms with Crippen LogP contribution in [0.15, 0.2) is 78.4 Å². The van der Waals surface area contributed by atoms with Crippen molar-refractivity contribution in [3.05, 3.63) is 89.6 Å². The highest BCUT2D eigenvalue weighted by atomic mass is 15.2. The average Bonchev–Trinajstić information content (AvgIpc) is 2.91. The van der Waals surface area contributed by atoms with Crippen LogP contribution in [0.5, 0.6) is 0 Å². The van der Waals surface area contributed by atoms with Gasteiger partial charge in [0.05, 0.1) is 6.17 Å². The molecule has 2 heteroatoms. The zero-order valence-electron chi connectivity index (χ0n) is 19.2. The van der Waals surface area contributed by atoms with Gasteiger partial charge in [0.1, 0.15) is 0 Å². The smallest absolute Gasteiger partial charge is 0.0547 e. The monoisotopic (exact) mass is 410 g/mol. The molecule has 1 aromatic carbocycles. The summed E-state index contributed by atoms with van der Waals surface area (Å²) in [5.41, 5.74) is 6.32. The molecule has 6 rings (SSSR count). The number of rotatable bonds is 0. The van der Waals surface area contributed by atoms with Crippen LogP contribution in [0.4, 0.5) is 0 Å². The number of hydrogen-bond donors (Lipinski definition) is 2. The molecule has 2 nitrogen and oxygen atoms in total. The number of nitrogens with one attached hydrogen (secondary N) is 2. The predicted molar refractivity (Wildman–Crippen MR) is 129 cm³/mol. The van der Waals surface area contributed by atoms with Crippen molar-refractivity contribution in [1.29, 1.82) is 0 Å². The summed E-state index contributed by atoms with van der Waals surface area (Å²) >= 11 is 0. The second-order valence-corrected chi connectivity index (χ2v) is 10.9. The quantitative estimate of drug-likeness (QED) is 0.553. The lowest BCUT2D eigenvalue weighted by Crippen LogP contribution is -2.55. The number of allylic oxidation sites excluding steroid dienone is 9. The Kier molecular flexibility index (Phi) is 4.05. The van der Waals surface area contributed by atoms with Gasteiger partial charge in [-0.2, -0.15) is 0 Å². The Balaban J connectivity index is 1.73. The van der Waals surface area contributed by atoms with Crippen LogP contribution in [0, 0.1) is 28.1 Å². The van der Waals surface area contributed by atoms with Crippen LogP contribution < -0.4 is 10.6 Å². The van der Waals surface area contributed by atoms with Crippen LogP contribution in [0.25, 0.3) is 5.57 Å². The molecule has 0 radical (unpaired) electrons. The fourth-order valence-electron chi connectivity index (χ4n) is 7.83. The SMILES string of the molecule is CC1NCCC2(C)C3=C(c4ccccc4C2N1)[C@@H]1C=CC=CC1(C)C1C=CC=CC31C. The lowest BCUT2D eigenvalue weighted by atomic mass is 9.42. The van der Waals surface area contributed by atoms with Crippen LogP contribution in [0.3, 0.4) is 0 Å². The maximum absolute atomic E-state index is 3.99. The normalized spacial score (nSPS) is 44.6. The molecule has 4 aliphatic carbocycles. The summed E-state index contributed by atoms with van der Waals surface area (Å²) in [5, 5.41) is 7.70.